The summed E-state index contributed by atoms with van der Waals surface area (Å²) >= 11 is 6.70. The Morgan fingerprint density at radius 1 is 1.16 bits per heavy atom. The quantitative estimate of drug-likeness (QED) is 0.385. The Balaban J connectivity index is 2.06. The lowest BCUT2D eigenvalue weighted by atomic mass is 10.1. The molecule has 0 amide bonds. The summed E-state index contributed by atoms with van der Waals surface area (Å²) in [7, 11) is 0. The van der Waals surface area contributed by atoms with Crippen LogP contribution in [0.1, 0.15) is 27.0 Å². The molecule has 2 aromatic heterocycles. The first-order valence-electron chi connectivity index (χ1n) is 9.20. The van der Waals surface area contributed by atoms with E-state index in [2.05, 4.69) is 4.98 Å². The molecule has 3 rings (SSSR count). The molecule has 0 saturated carbocycles. The summed E-state index contributed by atoms with van der Waals surface area (Å²) in [5.74, 6) is -1.89. The van der Waals surface area contributed by atoms with Crippen LogP contribution in [0.5, 0.6) is 0 Å². The Labute approximate surface area is 185 Å². The lowest BCUT2D eigenvalue weighted by Gasteiger charge is -2.24. The van der Waals surface area contributed by atoms with Gasteiger partial charge in [0.1, 0.15) is 17.4 Å². The molecule has 2 aromatic rings. The van der Waals surface area contributed by atoms with E-state index in [9.17, 15) is 19.2 Å². The molecule has 1 fully saturated rings. The van der Waals surface area contributed by atoms with Crippen LogP contribution in [-0.4, -0.2) is 52.4 Å². The number of aromatic amines is 1. The largest absolute Gasteiger partial charge is 0.463 e. The van der Waals surface area contributed by atoms with E-state index in [-0.39, 0.29) is 11.2 Å². The fourth-order valence-electron chi connectivity index (χ4n) is 3.20. The number of thiophene rings is 1. The molecule has 0 unspecified atom stereocenters. The third-order valence-electron chi connectivity index (χ3n) is 4.37. The fourth-order valence-corrected chi connectivity index (χ4v) is 4.26. The Bertz CT molecular complexity index is 1090. The maximum absolute atomic E-state index is 12.7. The fraction of sp³-hybridized carbons (Fsp3) is 0.421. The van der Waals surface area contributed by atoms with Gasteiger partial charge in [-0.1, -0.05) is 18.3 Å². The van der Waals surface area contributed by atoms with E-state index in [1.165, 1.54) is 42.9 Å². The Morgan fingerprint density at radius 2 is 1.84 bits per heavy atom. The number of rotatable bonds is 6. The van der Waals surface area contributed by atoms with E-state index in [4.69, 9.17) is 31.2 Å². The van der Waals surface area contributed by atoms with Gasteiger partial charge in [0.2, 0.25) is 0 Å². The average Bonchev–Trinajstić information content (AvgIpc) is 3.29. The van der Waals surface area contributed by atoms with Gasteiger partial charge in [0.25, 0.3) is 0 Å². The lowest BCUT2D eigenvalue weighted by Crippen LogP contribution is -2.41. The normalized spacial score (nSPS) is 22.7. The molecule has 0 aromatic carbocycles. The second kappa shape index (κ2) is 9.54. The summed E-state index contributed by atoms with van der Waals surface area (Å²) in [5, 5.41) is 1.86. The highest BCUT2D eigenvalue weighted by Gasteiger charge is 2.51. The molecule has 0 spiro atoms. The van der Waals surface area contributed by atoms with Crippen molar-refractivity contribution >= 4 is 41.5 Å². The van der Waals surface area contributed by atoms with Gasteiger partial charge in [-0.2, -0.15) is 0 Å². The van der Waals surface area contributed by atoms with Crippen LogP contribution in [0.2, 0.25) is 0 Å². The van der Waals surface area contributed by atoms with Crippen molar-refractivity contribution in [1.29, 1.82) is 0 Å². The summed E-state index contributed by atoms with van der Waals surface area (Å²) < 4.78 is 23.0. The zero-order chi connectivity index (χ0) is 22.7. The molecule has 1 N–H and O–H groups in total. The van der Waals surface area contributed by atoms with Crippen LogP contribution in [0.25, 0.3) is 10.4 Å². The van der Waals surface area contributed by atoms with Crippen molar-refractivity contribution in [3.8, 4) is 10.4 Å². The summed E-state index contributed by atoms with van der Waals surface area (Å²) in [6.45, 7) is 3.31. The minimum Gasteiger partial charge on any atom is -0.463 e. The Hall–Kier alpha value is -2.83. The van der Waals surface area contributed by atoms with Crippen molar-refractivity contribution in [2.45, 2.75) is 45.3 Å². The summed E-state index contributed by atoms with van der Waals surface area (Å²) in [6.07, 6.45) is -2.91. The average molecular weight is 469 g/mol. The Morgan fingerprint density at radius 3 is 2.42 bits per heavy atom. The van der Waals surface area contributed by atoms with Crippen LogP contribution in [0.3, 0.4) is 0 Å². The number of nitrogens with one attached hydrogen (secondary N) is 1. The van der Waals surface area contributed by atoms with Crippen LogP contribution in [0.15, 0.2) is 28.5 Å². The molecule has 0 radical (unpaired) electrons. The van der Waals surface area contributed by atoms with Crippen LogP contribution < -0.4 is 5.69 Å². The Kier molecular flexibility index (Phi) is 7.03. The van der Waals surface area contributed by atoms with Gasteiger partial charge >= 0.3 is 23.6 Å². The van der Waals surface area contributed by atoms with Crippen molar-refractivity contribution in [3.05, 3.63) is 38.8 Å². The highest BCUT2D eigenvalue weighted by atomic mass is 32.1. The summed E-state index contributed by atoms with van der Waals surface area (Å²) in [4.78, 5) is 50.8. The van der Waals surface area contributed by atoms with Crippen molar-refractivity contribution < 1.29 is 33.3 Å². The second-order valence-electron chi connectivity index (χ2n) is 6.70. The number of aromatic nitrogens is 2. The number of esters is 3. The molecule has 1 aliphatic heterocycles. The lowest BCUT2D eigenvalue weighted by molar-refractivity contribution is -0.166. The SMILES string of the molecule is CC(=O)OC[C@H]1O[C@@H](n2cc(-c3cccs3)c(=S)[nH]c2=O)[C@H](OC(C)=O)[C@H]1OC(C)=O. The molecule has 0 bridgehead atoms. The topological polar surface area (TPSA) is 126 Å². The molecule has 3 heterocycles. The van der Waals surface area contributed by atoms with Crippen LogP contribution in [0, 0.1) is 4.64 Å². The van der Waals surface area contributed by atoms with Gasteiger partial charge in [-0.3, -0.25) is 23.9 Å². The van der Waals surface area contributed by atoms with E-state index >= 15 is 0 Å². The second-order valence-corrected chi connectivity index (χ2v) is 8.06. The van der Waals surface area contributed by atoms with E-state index in [0.29, 0.717) is 5.56 Å². The molecule has 31 heavy (non-hydrogen) atoms. The number of carbonyl (C=O) groups excluding carboxylic acids is 3. The van der Waals surface area contributed by atoms with Gasteiger partial charge < -0.3 is 18.9 Å². The van der Waals surface area contributed by atoms with E-state index < -0.39 is 48.1 Å². The molecule has 10 nitrogen and oxygen atoms in total. The first-order chi connectivity index (χ1) is 14.7. The third-order valence-corrected chi connectivity index (χ3v) is 5.59. The smallest absolute Gasteiger partial charge is 0.328 e. The molecular formula is C19H20N2O8S2. The van der Waals surface area contributed by atoms with Crippen molar-refractivity contribution in [3.63, 3.8) is 0 Å². The number of ether oxygens (including phenoxy) is 4. The maximum Gasteiger partial charge on any atom is 0.328 e. The third kappa shape index (κ3) is 5.27. The zero-order valence-corrected chi connectivity index (χ0v) is 18.5. The maximum atomic E-state index is 12.7. The standard InChI is InChI=1S/C19H20N2O8S2/c1-9(22)26-8-13-15(27-10(2)23)16(28-11(3)24)18(29-13)21-7-12(14-5-4-6-31-14)17(30)20-19(21)25/h4-7,13,15-16,18H,8H2,1-3H3,(H,20,25,30)/t13-,15+,16-,18-/m1/s1. The van der Waals surface area contributed by atoms with Crippen molar-refractivity contribution in [2.75, 3.05) is 6.61 Å². The molecule has 0 aliphatic carbocycles. The predicted octanol–water partition coefficient (Wildman–Crippen LogP) is 1.96. The number of hydrogen-bond donors (Lipinski definition) is 1. The number of H-pyrrole nitrogens is 1. The minimum atomic E-state index is -1.17. The number of hydrogen-bond acceptors (Lipinski definition) is 10. The van der Waals surface area contributed by atoms with E-state index in [0.717, 1.165) is 4.88 Å². The first-order valence-corrected chi connectivity index (χ1v) is 10.5. The number of carbonyl (C=O) groups is 3. The van der Waals surface area contributed by atoms with E-state index in [1.807, 2.05) is 17.5 Å². The number of nitrogens with zero attached hydrogens (tertiary/aromatic N) is 1. The summed E-state index contributed by atoms with van der Waals surface area (Å²) in [6, 6.07) is 3.67. The van der Waals surface area contributed by atoms with Crippen LogP contribution >= 0.6 is 23.6 Å². The predicted molar refractivity (Wildman–Crippen MR) is 111 cm³/mol. The van der Waals surface area contributed by atoms with Crippen LogP contribution in [0.4, 0.5) is 0 Å². The molecule has 1 saturated heterocycles. The summed E-state index contributed by atoms with van der Waals surface area (Å²) in [5.41, 5.74) is -0.0376. The molecular weight excluding hydrogens is 448 g/mol. The first kappa shape index (κ1) is 22.8. The van der Waals surface area contributed by atoms with Gasteiger partial charge in [0.15, 0.2) is 18.4 Å². The monoisotopic (exact) mass is 468 g/mol. The molecule has 1 aliphatic rings. The van der Waals surface area contributed by atoms with Crippen LogP contribution in [-0.2, 0) is 33.3 Å². The highest BCUT2D eigenvalue weighted by molar-refractivity contribution is 7.71. The van der Waals surface area contributed by atoms with Gasteiger partial charge in [-0.25, -0.2) is 4.79 Å². The highest BCUT2D eigenvalue weighted by Crippen LogP contribution is 2.35. The van der Waals surface area contributed by atoms with Gasteiger partial charge in [-0.15, -0.1) is 11.3 Å². The molecule has 4 atom stereocenters. The van der Waals surface area contributed by atoms with E-state index in [1.54, 1.807) is 0 Å². The van der Waals surface area contributed by atoms with Crippen molar-refractivity contribution in [1.82, 2.24) is 9.55 Å². The zero-order valence-electron chi connectivity index (χ0n) is 16.9. The van der Waals surface area contributed by atoms with Gasteiger partial charge in [0.05, 0.1) is 0 Å². The molecule has 12 heteroatoms. The van der Waals surface area contributed by atoms with Gasteiger partial charge in [0, 0.05) is 37.4 Å². The molecule has 166 valence electrons. The van der Waals surface area contributed by atoms with Gasteiger partial charge in [-0.05, 0) is 11.4 Å². The minimum absolute atomic E-state index is 0.235. The van der Waals surface area contributed by atoms with Crippen molar-refractivity contribution in [2.24, 2.45) is 0 Å².